The second-order valence-electron chi connectivity index (χ2n) is 3.50. The summed E-state index contributed by atoms with van der Waals surface area (Å²) in [5, 5.41) is 3.39. The molecule has 84 valence electrons. The molecule has 0 aromatic carbocycles. The van der Waals surface area contributed by atoms with Crippen molar-refractivity contribution in [3.8, 4) is 0 Å². The zero-order chi connectivity index (χ0) is 11.3. The quantitative estimate of drug-likeness (QED) is 0.892. The molecule has 0 amide bonds. The van der Waals surface area contributed by atoms with Gasteiger partial charge in [0.25, 0.3) is 0 Å². The Morgan fingerprint density at radius 1 is 1.33 bits per heavy atom. The van der Waals surface area contributed by atoms with Crippen LogP contribution in [-0.4, -0.2) is 16.0 Å². The largest absolute Gasteiger partial charge is 0.366 e. The first-order chi connectivity index (χ1) is 7.21. The van der Waals surface area contributed by atoms with Crippen LogP contribution in [-0.2, 0) is 6.42 Å². The maximum atomic E-state index is 4.51. The summed E-state index contributed by atoms with van der Waals surface area (Å²) in [7, 11) is 0. The average Bonchev–Trinajstić information content (AvgIpc) is 2.28. The normalized spacial score (nSPS) is 10.7. The van der Waals surface area contributed by atoms with Crippen LogP contribution in [0.15, 0.2) is 10.8 Å². The SMILES string of the molecule is CCc1nc(NC(CC)CC)cnc1Br. The van der Waals surface area contributed by atoms with E-state index in [-0.39, 0.29) is 0 Å². The minimum Gasteiger partial charge on any atom is -0.366 e. The summed E-state index contributed by atoms with van der Waals surface area (Å²) in [6.45, 7) is 6.43. The summed E-state index contributed by atoms with van der Waals surface area (Å²) in [6, 6.07) is 0.491. The molecule has 0 aliphatic heterocycles. The van der Waals surface area contributed by atoms with Crippen molar-refractivity contribution < 1.29 is 0 Å². The number of aryl methyl sites for hydroxylation is 1. The third-order valence-corrected chi connectivity index (χ3v) is 3.13. The molecule has 15 heavy (non-hydrogen) atoms. The molecule has 0 radical (unpaired) electrons. The minimum absolute atomic E-state index is 0.491. The molecular formula is C11H18BrN3. The number of anilines is 1. The van der Waals surface area contributed by atoms with Gasteiger partial charge in [-0.15, -0.1) is 0 Å². The van der Waals surface area contributed by atoms with Crippen molar-refractivity contribution in [2.24, 2.45) is 0 Å². The summed E-state index contributed by atoms with van der Waals surface area (Å²) in [6.07, 6.45) is 4.89. The number of nitrogens with zero attached hydrogens (tertiary/aromatic N) is 2. The van der Waals surface area contributed by atoms with E-state index in [1.807, 2.05) is 0 Å². The van der Waals surface area contributed by atoms with Crippen LogP contribution in [0.1, 0.15) is 39.3 Å². The van der Waals surface area contributed by atoms with Gasteiger partial charge in [-0.3, -0.25) is 0 Å². The Hall–Kier alpha value is -0.640. The van der Waals surface area contributed by atoms with E-state index >= 15 is 0 Å². The molecule has 0 fully saturated rings. The van der Waals surface area contributed by atoms with Crippen LogP contribution in [0.2, 0.25) is 0 Å². The fourth-order valence-corrected chi connectivity index (χ4v) is 1.88. The molecule has 0 spiro atoms. The lowest BCUT2D eigenvalue weighted by Crippen LogP contribution is -2.18. The molecule has 0 saturated heterocycles. The molecule has 0 atom stereocenters. The lowest BCUT2D eigenvalue weighted by atomic mass is 10.2. The first-order valence-corrected chi connectivity index (χ1v) is 6.28. The number of rotatable bonds is 5. The number of halogens is 1. The fraction of sp³-hybridized carbons (Fsp3) is 0.636. The average molecular weight is 272 g/mol. The molecule has 0 saturated carbocycles. The van der Waals surface area contributed by atoms with E-state index in [2.05, 4.69) is 52.0 Å². The van der Waals surface area contributed by atoms with Crippen molar-refractivity contribution in [3.63, 3.8) is 0 Å². The van der Waals surface area contributed by atoms with Crippen molar-refractivity contribution >= 4 is 21.7 Å². The third kappa shape index (κ3) is 3.45. The minimum atomic E-state index is 0.491. The van der Waals surface area contributed by atoms with Crippen molar-refractivity contribution in [1.82, 2.24) is 9.97 Å². The van der Waals surface area contributed by atoms with Gasteiger partial charge in [-0.05, 0) is 35.2 Å². The molecule has 1 rings (SSSR count). The maximum Gasteiger partial charge on any atom is 0.145 e. The monoisotopic (exact) mass is 271 g/mol. The van der Waals surface area contributed by atoms with E-state index in [0.29, 0.717) is 6.04 Å². The molecule has 3 nitrogen and oxygen atoms in total. The second kappa shape index (κ2) is 6.05. The van der Waals surface area contributed by atoms with Crippen LogP contribution in [0, 0.1) is 0 Å². The summed E-state index contributed by atoms with van der Waals surface area (Å²) >= 11 is 3.39. The van der Waals surface area contributed by atoms with E-state index < -0.39 is 0 Å². The van der Waals surface area contributed by atoms with E-state index in [4.69, 9.17) is 0 Å². The van der Waals surface area contributed by atoms with Crippen molar-refractivity contribution in [2.45, 2.75) is 46.1 Å². The van der Waals surface area contributed by atoms with Crippen LogP contribution < -0.4 is 5.32 Å². The Morgan fingerprint density at radius 2 is 2.00 bits per heavy atom. The zero-order valence-corrected chi connectivity index (χ0v) is 11.1. The number of hydrogen-bond acceptors (Lipinski definition) is 3. The summed E-state index contributed by atoms with van der Waals surface area (Å²) in [5.41, 5.74) is 1.01. The van der Waals surface area contributed by atoms with Crippen LogP contribution in [0.5, 0.6) is 0 Å². The van der Waals surface area contributed by atoms with Gasteiger partial charge in [-0.25, -0.2) is 9.97 Å². The summed E-state index contributed by atoms with van der Waals surface area (Å²) in [5.74, 6) is 0.878. The van der Waals surface area contributed by atoms with Gasteiger partial charge in [-0.2, -0.15) is 0 Å². The molecule has 1 aromatic heterocycles. The van der Waals surface area contributed by atoms with Gasteiger partial charge in [-0.1, -0.05) is 20.8 Å². The first kappa shape index (κ1) is 12.4. The fourth-order valence-electron chi connectivity index (χ4n) is 1.41. The van der Waals surface area contributed by atoms with E-state index in [0.717, 1.165) is 35.4 Å². The van der Waals surface area contributed by atoms with E-state index in [1.54, 1.807) is 6.20 Å². The molecule has 1 heterocycles. The highest BCUT2D eigenvalue weighted by molar-refractivity contribution is 9.10. The van der Waals surface area contributed by atoms with Crippen molar-refractivity contribution in [3.05, 3.63) is 16.5 Å². The zero-order valence-electron chi connectivity index (χ0n) is 9.55. The number of hydrogen-bond donors (Lipinski definition) is 1. The van der Waals surface area contributed by atoms with Gasteiger partial charge in [0, 0.05) is 6.04 Å². The molecule has 0 aliphatic carbocycles. The third-order valence-electron chi connectivity index (χ3n) is 2.47. The molecule has 1 N–H and O–H groups in total. The molecule has 0 aliphatic rings. The van der Waals surface area contributed by atoms with Crippen LogP contribution >= 0.6 is 15.9 Å². The first-order valence-electron chi connectivity index (χ1n) is 5.49. The Balaban J connectivity index is 2.77. The summed E-state index contributed by atoms with van der Waals surface area (Å²) < 4.78 is 0.847. The molecular weight excluding hydrogens is 254 g/mol. The second-order valence-corrected chi connectivity index (χ2v) is 4.26. The molecule has 4 heteroatoms. The predicted molar refractivity (Wildman–Crippen MR) is 67.1 cm³/mol. The highest BCUT2D eigenvalue weighted by atomic mass is 79.9. The van der Waals surface area contributed by atoms with Gasteiger partial charge >= 0.3 is 0 Å². The Bertz CT molecular complexity index is 311. The Kier molecular flexibility index (Phi) is 5.02. The van der Waals surface area contributed by atoms with Crippen LogP contribution in [0.3, 0.4) is 0 Å². The predicted octanol–water partition coefficient (Wildman–Crippen LogP) is 3.40. The lowest BCUT2D eigenvalue weighted by Gasteiger charge is -2.15. The van der Waals surface area contributed by atoms with Crippen molar-refractivity contribution in [1.29, 1.82) is 0 Å². The topological polar surface area (TPSA) is 37.8 Å². The van der Waals surface area contributed by atoms with Gasteiger partial charge in [0.05, 0.1) is 11.9 Å². The number of aromatic nitrogens is 2. The van der Waals surface area contributed by atoms with Crippen molar-refractivity contribution in [2.75, 3.05) is 5.32 Å². The van der Waals surface area contributed by atoms with Gasteiger partial charge in [0.1, 0.15) is 10.4 Å². The Labute approximate surface area is 99.8 Å². The summed E-state index contributed by atoms with van der Waals surface area (Å²) in [4.78, 5) is 8.77. The number of nitrogens with one attached hydrogen (secondary N) is 1. The van der Waals surface area contributed by atoms with E-state index in [1.165, 1.54) is 0 Å². The molecule has 1 aromatic rings. The molecule has 0 unspecified atom stereocenters. The van der Waals surface area contributed by atoms with Crippen LogP contribution in [0.25, 0.3) is 0 Å². The maximum absolute atomic E-state index is 4.51. The van der Waals surface area contributed by atoms with E-state index in [9.17, 15) is 0 Å². The Morgan fingerprint density at radius 3 is 2.53 bits per heavy atom. The van der Waals surface area contributed by atoms with Gasteiger partial charge in [0.2, 0.25) is 0 Å². The standard InChI is InChI=1S/C11H18BrN3/c1-4-8(5-2)14-10-7-13-11(12)9(6-3)15-10/h7-8H,4-6H2,1-3H3,(H,14,15). The highest BCUT2D eigenvalue weighted by Crippen LogP contribution is 2.15. The van der Waals surface area contributed by atoms with Gasteiger partial charge < -0.3 is 5.32 Å². The molecule has 0 bridgehead atoms. The highest BCUT2D eigenvalue weighted by Gasteiger charge is 2.06. The van der Waals surface area contributed by atoms with Gasteiger partial charge in [0.15, 0.2) is 0 Å². The smallest absolute Gasteiger partial charge is 0.145 e. The van der Waals surface area contributed by atoms with Crippen LogP contribution in [0.4, 0.5) is 5.82 Å². The lowest BCUT2D eigenvalue weighted by molar-refractivity contribution is 0.667.